The zero-order chi connectivity index (χ0) is 25.5. The molecule has 0 saturated carbocycles. The number of fused-ring (bicyclic) bond motifs is 1. The summed E-state index contributed by atoms with van der Waals surface area (Å²) in [5.41, 5.74) is -0.703. The van der Waals surface area contributed by atoms with Crippen LogP contribution in [0.25, 0.3) is 5.57 Å². The number of anilines is 2. The second-order valence-electron chi connectivity index (χ2n) is 7.88. The van der Waals surface area contributed by atoms with Gasteiger partial charge in [-0.15, -0.1) is 11.3 Å². The summed E-state index contributed by atoms with van der Waals surface area (Å²) in [6.07, 6.45) is -4.76. The molecular formula is C23H18ClF3N2O4S2. The van der Waals surface area contributed by atoms with Gasteiger partial charge in [-0.25, -0.2) is 8.42 Å². The number of rotatable bonds is 4. The monoisotopic (exact) mass is 542 g/mol. The molecule has 1 amide bonds. The fourth-order valence-electron chi connectivity index (χ4n) is 3.62. The van der Waals surface area contributed by atoms with E-state index in [1.165, 1.54) is 35.6 Å². The minimum absolute atomic E-state index is 0.142. The summed E-state index contributed by atoms with van der Waals surface area (Å²) in [4.78, 5) is 13.1. The van der Waals surface area contributed by atoms with Crippen molar-refractivity contribution in [1.82, 2.24) is 0 Å². The van der Waals surface area contributed by atoms with E-state index in [0.29, 0.717) is 21.7 Å². The molecule has 2 aromatic carbocycles. The standard InChI is InChI=1S/C23H18ClF3N2O4S2/c1-13-8-20(34-11-13)28-22(31)21-17-7-4-15(23(25,26)27)9-18(17)29(35(32,33)12-19(21)30)10-14-2-5-16(24)6-3-14/h2-9,11,30H,10,12H2,1H3,(H,28,31). The largest absolute Gasteiger partial charge is 0.510 e. The molecule has 0 unspecified atom stereocenters. The minimum atomic E-state index is -4.76. The van der Waals surface area contributed by atoms with Gasteiger partial charge in [0.25, 0.3) is 5.91 Å². The molecule has 3 aromatic rings. The number of sulfonamides is 1. The third kappa shape index (κ3) is 5.31. The van der Waals surface area contributed by atoms with Crippen LogP contribution in [0.5, 0.6) is 0 Å². The number of carbonyl (C=O) groups excluding carboxylic acids is 1. The van der Waals surface area contributed by atoms with Gasteiger partial charge in [-0.3, -0.25) is 9.10 Å². The Morgan fingerprint density at radius 2 is 1.86 bits per heavy atom. The lowest BCUT2D eigenvalue weighted by molar-refractivity contribution is -0.137. The predicted molar refractivity (Wildman–Crippen MR) is 130 cm³/mol. The molecule has 4 rings (SSSR count). The molecule has 184 valence electrons. The fourth-order valence-corrected chi connectivity index (χ4v) is 5.97. The highest BCUT2D eigenvalue weighted by molar-refractivity contribution is 7.93. The van der Waals surface area contributed by atoms with Gasteiger partial charge in [0.1, 0.15) is 11.5 Å². The first-order valence-electron chi connectivity index (χ1n) is 10.1. The molecular weight excluding hydrogens is 525 g/mol. The van der Waals surface area contributed by atoms with Crippen molar-refractivity contribution in [3.63, 3.8) is 0 Å². The maximum Gasteiger partial charge on any atom is 0.416 e. The van der Waals surface area contributed by atoms with Gasteiger partial charge in [0.15, 0.2) is 0 Å². The molecule has 0 bridgehead atoms. The maximum absolute atomic E-state index is 13.6. The Labute approximate surface area is 208 Å². The Morgan fingerprint density at radius 3 is 2.46 bits per heavy atom. The van der Waals surface area contributed by atoms with Crippen LogP contribution in [-0.4, -0.2) is 25.2 Å². The van der Waals surface area contributed by atoms with Gasteiger partial charge in [0, 0.05) is 10.6 Å². The van der Waals surface area contributed by atoms with Crippen LogP contribution in [0.3, 0.4) is 0 Å². The number of alkyl halides is 3. The number of hydrogen-bond acceptors (Lipinski definition) is 5. The SMILES string of the molecule is Cc1csc(NC(=O)C2=C(O)CS(=O)(=O)N(Cc3ccc(Cl)cc3)c3cc(C(F)(F)F)ccc32)c1. The summed E-state index contributed by atoms with van der Waals surface area (Å²) in [7, 11) is -4.38. The Kier molecular flexibility index (Phi) is 6.60. The third-order valence-electron chi connectivity index (χ3n) is 5.24. The van der Waals surface area contributed by atoms with Crippen LogP contribution < -0.4 is 9.62 Å². The molecule has 1 aliphatic rings. The molecule has 1 aromatic heterocycles. The number of carbonyl (C=O) groups is 1. The number of thiophene rings is 1. The van der Waals surface area contributed by atoms with Crippen molar-refractivity contribution in [2.24, 2.45) is 0 Å². The van der Waals surface area contributed by atoms with E-state index in [2.05, 4.69) is 5.32 Å². The molecule has 0 fully saturated rings. The molecule has 35 heavy (non-hydrogen) atoms. The zero-order valence-electron chi connectivity index (χ0n) is 18.1. The molecule has 12 heteroatoms. The first-order chi connectivity index (χ1) is 16.3. The van der Waals surface area contributed by atoms with Crippen molar-refractivity contribution in [1.29, 1.82) is 0 Å². The summed E-state index contributed by atoms with van der Waals surface area (Å²) in [6.45, 7) is 1.48. The van der Waals surface area contributed by atoms with Crippen LogP contribution in [-0.2, 0) is 27.5 Å². The van der Waals surface area contributed by atoms with Crippen molar-refractivity contribution in [2.45, 2.75) is 19.6 Å². The lowest BCUT2D eigenvalue weighted by Gasteiger charge is -2.25. The number of hydrogen-bond donors (Lipinski definition) is 2. The highest BCUT2D eigenvalue weighted by Gasteiger charge is 2.38. The first-order valence-corrected chi connectivity index (χ1v) is 13.0. The summed E-state index contributed by atoms with van der Waals surface area (Å²) in [5, 5.41) is 15.9. The van der Waals surface area contributed by atoms with E-state index in [4.69, 9.17) is 11.6 Å². The van der Waals surface area contributed by atoms with E-state index in [1.54, 1.807) is 11.4 Å². The van der Waals surface area contributed by atoms with Crippen molar-refractivity contribution >= 4 is 55.1 Å². The summed E-state index contributed by atoms with van der Waals surface area (Å²) >= 11 is 7.10. The van der Waals surface area contributed by atoms with Gasteiger partial charge >= 0.3 is 6.18 Å². The molecule has 1 aliphatic heterocycles. The Balaban J connectivity index is 1.88. The Morgan fingerprint density at radius 1 is 1.17 bits per heavy atom. The minimum Gasteiger partial charge on any atom is -0.510 e. The van der Waals surface area contributed by atoms with Gasteiger partial charge in [-0.2, -0.15) is 13.2 Å². The van der Waals surface area contributed by atoms with Crippen molar-refractivity contribution in [3.05, 3.63) is 86.9 Å². The number of nitrogens with zero attached hydrogens (tertiary/aromatic N) is 1. The van der Waals surface area contributed by atoms with E-state index < -0.39 is 44.8 Å². The average Bonchev–Trinajstić information content (AvgIpc) is 3.13. The van der Waals surface area contributed by atoms with Crippen LogP contribution in [0.2, 0.25) is 5.02 Å². The molecule has 0 aliphatic carbocycles. The second kappa shape index (κ2) is 9.21. The third-order valence-corrected chi connectivity index (χ3v) is 8.09. The molecule has 0 atom stereocenters. The van der Waals surface area contributed by atoms with Gasteiger partial charge < -0.3 is 10.4 Å². The highest BCUT2D eigenvalue weighted by Crippen LogP contribution is 2.40. The molecule has 0 saturated heterocycles. The van der Waals surface area contributed by atoms with Gasteiger partial charge in [0.05, 0.1) is 28.4 Å². The number of nitrogens with one attached hydrogen (secondary N) is 1. The molecule has 2 N–H and O–H groups in total. The number of amides is 1. The summed E-state index contributed by atoms with van der Waals surface area (Å²) < 4.78 is 67.9. The van der Waals surface area contributed by atoms with E-state index in [1.807, 2.05) is 6.92 Å². The van der Waals surface area contributed by atoms with E-state index in [0.717, 1.165) is 22.0 Å². The van der Waals surface area contributed by atoms with Crippen LogP contribution in [0.4, 0.5) is 23.9 Å². The molecule has 2 heterocycles. The van der Waals surface area contributed by atoms with Crippen LogP contribution in [0.1, 0.15) is 22.3 Å². The lowest BCUT2D eigenvalue weighted by Crippen LogP contribution is -2.32. The summed E-state index contributed by atoms with van der Waals surface area (Å²) in [5.74, 6) is -2.58. The van der Waals surface area contributed by atoms with Gasteiger partial charge in [-0.05, 0) is 53.8 Å². The van der Waals surface area contributed by atoms with Crippen LogP contribution in [0.15, 0.2) is 59.7 Å². The molecule has 0 spiro atoms. The predicted octanol–water partition coefficient (Wildman–Crippen LogP) is 5.99. The first kappa shape index (κ1) is 25.1. The zero-order valence-corrected chi connectivity index (χ0v) is 20.4. The van der Waals surface area contributed by atoms with E-state index in [-0.39, 0.29) is 17.8 Å². The fraction of sp³-hybridized carbons (Fsp3) is 0.174. The number of halogens is 4. The number of aliphatic hydroxyl groups is 1. The quantitative estimate of drug-likeness (QED) is 0.424. The average molecular weight is 543 g/mol. The number of benzene rings is 2. The lowest BCUT2D eigenvalue weighted by atomic mass is 9.99. The van der Waals surface area contributed by atoms with Crippen LogP contribution in [0, 0.1) is 6.92 Å². The van der Waals surface area contributed by atoms with Gasteiger partial charge in [-0.1, -0.05) is 29.8 Å². The van der Waals surface area contributed by atoms with Gasteiger partial charge in [0.2, 0.25) is 10.0 Å². The van der Waals surface area contributed by atoms with Crippen molar-refractivity contribution in [3.8, 4) is 0 Å². The topological polar surface area (TPSA) is 86.7 Å². The Bertz CT molecular complexity index is 1430. The molecule has 0 radical (unpaired) electrons. The maximum atomic E-state index is 13.6. The highest BCUT2D eigenvalue weighted by atomic mass is 35.5. The van der Waals surface area contributed by atoms with Crippen molar-refractivity contribution < 1.29 is 31.5 Å². The molecule has 6 nitrogen and oxygen atoms in total. The normalized spacial score (nSPS) is 15.5. The van der Waals surface area contributed by atoms with Crippen molar-refractivity contribution in [2.75, 3.05) is 15.4 Å². The number of aliphatic hydroxyl groups excluding tert-OH is 1. The summed E-state index contributed by atoms with van der Waals surface area (Å²) in [6, 6.07) is 10.2. The van der Waals surface area contributed by atoms with E-state index in [9.17, 15) is 31.5 Å². The van der Waals surface area contributed by atoms with Crippen LogP contribution >= 0.6 is 22.9 Å². The van der Waals surface area contributed by atoms with E-state index >= 15 is 0 Å². The Hall–Kier alpha value is -3.02. The smallest absolute Gasteiger partial charge is 0.416 e. The number of aryl methyl sites for hydroxylation is 1. The second-order valence-corrected chi connectivity index (χ2v) is 11.1.